The van der Waals surface area contributed by atoms with E-state index in [1.807, 2.05) is 27.7 Å². The lowest BCUT2D eigenvalue weighted by Gasteiger charge is -2.36. The van der Waals surface area contributed by atoms with Gasteiger partial charge in [-0.1, -0.05) is 0 Å². The molecule has 712 valence electrons. The molecule has 4 aliphatic heterocycles. The van der Waals surface area contributed by atoms with Crippen molar-refractivity contribution < 1.29 is 95.1 Å². The van der Waals surface area contributed by atoms with Gasteiger partial charge in [0.25, 0.3) is 0 Å². The zero-order valence-corrected chi connectivity index (χ0v) is 75.6. The van der Waals surface area contributed by atoms with E-state index < -0.39 is 72.1 Å². The predicted octanol–water partition coefficient (Wildman–Crippen LogP) is 15.4. The fourth-order valence-electron chi connectivity index (χ4n) is 17.7. The Kier molecular flexibility index (Phi) is 26.8. The van der Waals surface area contributed by atoms with Crippen LogP contribution in [0, 0.1) is 74.6 Å². The molecular weight excluding hydrogens is 1770 g/mol. The first-order chi connectivity index (χ1) is 65.3. The molecule has 8 aromatic heterocycles. The fraction of sp³-hybridized carbons (Fsp3) is 0.375. The molecule has 4 atom stereocenters. The number of halogens is 4. The average Bonchev–Trinajstić information content (AvgIpc) is 0.769. The van der Waals surface area contributed by atoms with Gasteiger partial charge in [-0.25, -0.2) is 76.6 Å². The molecule has 4 fully saturated rings. The van der Waals surface area contributed by atoms with Gasteiger partial charge in [0.05, 0.1) is 47.2 Å². The summed E-state index contributed by atoms with van der Waals surface area (Å²) in [6.07, 6.45) is 11.9. The van der Waals surface area contributed by atoms with Crippen molar-refractivity contribution in [2.24, 2.45) is 23.7 Å². The number of aliphatic hydroxyl groups is 4. The lowest BCUT2D eigenvalue weighted by Crippen LogP contribution is -2.39. The summed E-state index contributed by atoms with van der Waals surface area (Å²) in [6, 6.07) is 13.2. The van der Waals surface area contributed by atoms with E-state index >= 15 is 17.6 Å². The highest BCUT2D eigenvalue weighted by atomic mass is 19.1. The molecule has 20 N–H and O–H groups in total. The van der Waals surface area contributed by atoms with Crippen molar-refractivity contribution in [3.63, 3.8) is 0 Å². The number of aliphatic hydroxyl groups excluding tert-OH is 4. The molecule has 12 heterocycles. The number of nitrogens with one attached hydrogen (secondary N) is 8. The second-order valence-corrected chi connectivity index (χ2v) is 35.3. The standard InChI is InChI=1S/4C24H26FN5O4/c4*1-11-17(9-29-23-22(11)27-3-4-33-23)16-7-14-8-19(28-10-18(14)21(26)20(16)25)30-24(32)34-15-5-13(6-15)12(2)31/h4*7-10,12-13,15,27,31H,3-6,26H2,1-2H3,(H,28,30,32)/t4*12-,13?,15?/m1100/s1. The summed E-state index contributed by atoms with van der Waals surface area (Å²) in [4.78, 5) is 83.1. The number of ether oxygens (including phenoxy) is 8. The van der Waals surface area contributed by atoms with Gasteiger partial charge in [-0.3, -0.25) is 21.3 Å². The van der Waals surface area contributed by atoms with Crippen molar-refractivity contribution in [2.75, 3.05) is 118 Å². The summed E-state index contributed by atoms with van der Waals surface area (Å²) in [5.41, 5.74) is 34.0. The van der Waals surface area contributed by atoms with E-state index in [0.717, 1.165) is 45.0 Å². The van der Waals surface area contributed by atoms with Crippen LogP contribution >= 0.6 is 0 Å². The molecule has 136 heavy (non-hydrogen) atoms. The van der Waals surface area contributed by atoms with Crippen molar-refractivity contribution in [1.29, 1.82) is 0 Å². The van der Waals surface area contributed by atoms with Crippen molar-refractivity contribution >= 4 is 136 Å². The minimum atomic E-state index is -0.628. The zero-order chi connectivity index (χ0) is 95.9. The lowest BCUT2D eigenvalue weighted by molar-refractivity contribution is -0.0263. The van der Waals surface area contributed by atoms with E-state index in [4.69, 9.17) is 60.8 Å². The summed E-state index contributed by atoms with van der Waals surface area (Å²) in [7, 11) is 0. The molecule has 8 aliphatic rings. The molecule has 0 unspecified atom stereocenters. The van der Waals surface area contributed by atoms with Gasteiger partial charge in [-0.05, 0) is 223 Å². The van der Waals surface area contributed by atoms with Crippen LogP contribution in [0.5, 0.6) is 23.5 Å². The maximum Gasteiger partial charge on any atom is 0.413 e. The number of carbonyl (C=O) groups excluding carboxylic acids is 4. The summed E-state index contributed by atoms with van der Waals surface area (Å²) in [6.45, 7) is 19.0. The van der Waals surface area contributed by atoms with E-state index in [1.165, 1.54) is 24.8 Å². The smallest absolute Gasteiger partial charge is 0.413 e. The highest BCUT2D eigenvalue weighted by molar-refractivity contribution is 6.04. The lowest BCUT2D eigenvalue weighted by atomic mass is 9.79. The van der Waals surface area contributed by atoms with E-state index in [1.54, 1.807) is 101 Å². The van der Waals surface area contributed by atoms with Crippen LogP contribution in [-0.4, -0.2) is 186 Å². The summed E-state index contributed by atoms with van der Waals surface area (Å²) < 4.78 is 105. The normalized spacial score (nSPS) is 19.9. The summed E-state index contributed by atoms with van der Waals surface area (Å²) >= 11 is 0. The van der Waals surface area contributed by atoms with Crippen LogP contribution in [0.4, 0.5) is 106 Å². The van der Waals surface area contributed by atoms with Crippen molar-refractivity contribution in [2.45, 2.75) is 156 Å². The minimum absolute atomic E-state index is 0.0333. The molecule has 0 radical (unpaired) electrons. The van der Waals surface area contributed by atoms with Gasteiger partial charge in [-0.15, -0.1) is 0 Å². The van der Waals surface area contributed by atoms with E-state index in [2.05, 4.69) is 82.4 Å². The van der Waals surface area contributed by atoms with Crippen LogP contribution in [-0.2, 0) is 18.9 Å². The van der Waals surface area contributed by atoms with Gasteiger partial charge in [0.2, 0.25) is 23.5 Å². The van der Waals surface area contributed by atoms with Crippen LogP contribution < -0.4 is 84.4 Å². The third kappa shape index (κ3) is 19.4. The fourth-order valence-corrected chi connectivity index (χ4v) is 17.7. The van der Waals surface area contributed by atoms with Crippen molar-refractivity contribution in [3.05, 3.63) is 144 Å². The van der Waals surface area contributed by atoms with Gasteiger partial charge >= 0.3 is 24.4 Å². The summed E-state index contributed by atoms with van der Waals surface area (Å²) in [5.74, 6) is 1.34. The maximum absolute atomic E-state index is 15.3. The number of carbonyl (C=O) groups is 4. The number of amides is 4. The van der Waals surface area contributed by atoms with Crippen LogP contribution in [0.25, 0.3) is 87.6 Å². The number of nitrogen functional groups attached to an aromatic ring is 4. The molecule has 4 aromatic carbocycles. The number of rotatable bonds is 16. The highest BCUT2D eigenvalue weighted by Gasteiger charge is 2.40. The molecule has 0 spiro atoms. The van der Waals surface area contributed by atoms with Crippen LogP contribution in [0.1, 0.15) is 101 Å². The molecule has 4 saturated carbocycles. The molecular formula is C96H104F4N20O16. The predicted molar refractivity (Wildman–Crippen MR) is 505 cm³/mol. The average molecular weight is 1870 g/mol. The Bertz CT molecular complexity index is 5890. The monoisotopic (exact) mass is 1870 g/mol. The molecule has 0 bridgehead atoms. The van der Waals surface area contributed by atoms with E-state index in [-0.39, 0.29) is 94.1 Å². The van der Waals surface area contributed by atoms with Crippen molar-refractivity contribution in [3.8, 4) is 68.0 Å². The van der Waals surface area contributed by atoms with Crippen molar-refractivity contribution in [1.82, 2.24) is 39.9 Å². The zero-order valence-electron chi connectivity index (χ0n) is 75.6. The first-order valence-electron chi connectivity index (χ1n) is 44.9. The Labute approximate surface area is 776 Å². The van der Waals surface area contributed by atoms with Crippen LogP contribution in [0.2, 0.25) is 0 Å². The second-order valence-electron chi connectivity index (χ2n) is 35.3. The SMILES string of the molecule is Cc1c(-c2cc3cc(NC(=O)OC4CC([C@@H](C)O)C4)ncc3c(N)c2F)cnc2c1NCCO2.Cc1c(-c2cc3cc(NC(=O)OC4CC([C@@H](C)O)C4)ncc3c(N)c2F)cnc2c1NCCO2.Cc1c(-c2cc3cc(NC(=O)OC4CC([C@H](C)O)C4)ncc3c(N)c2F)cnc2c1NCCO2.Cc1c(-c2cc3cc(NC(=O)OC4CC([C@H](C)O)C4)ncc3c(N)c2F)cnc2c1NCCO2. The molecule has 12 aromatic rings. The Morgan fingerprint density at radius 2 is 0.529 bits per heavy atom. The van der Waals surface area contributed by atoms with Gasteiger partial charge in [0, 0.05) is 142 Å². The van der Waals surface area contributed by atoms with Crippen LogP contribution in [0.3, 0.4) is 0 Å². The molecule has 36 nitrogen and oxygen atoms in total. The highest BCUT2D eigenvalue weighted by Crippen LogP contribution is 2.47. The first-order valence-corrected chi connectivity index (χ1v) is 44.9. The number of anilines is 12. The molecule has 20 rings (SSSR count). The van der Waals surface area contributed by atoms with Gasteiger partial charge in [-0.2, -0.15) is 0 Å². The third-order valence-electron chi connectivity index (χ3n) is 26.2. The maximum atomic E-state index is 15.3. The molecule has 4 aliphatic carbocycles. The number of fused-ring (bicyclic) bond motifs is 8. The van der Waals surface area contributed by atoms with Crippen LogP contribution in [0.15, 0.2) is 98.1 Å². The summed E-state index contributed by atoms with van der Waals surface area (Å²) in [5, 5.41) is 65.9. The third-order valence-corrected chi connectivity index (χ3v) is 26.2. The molecule has 4 amide bonds. The number of hydrogen-bond donors (Lipinski definition) is 16. The number of nitrogens with two attached hydrogens (primary N) is 4. The quantitative estimate of drug-likeness (QED) is 0.0243. The van der Waals surface area contributed by atoms with E-state index in [9.17, 15) is 39.6 Å². The largest absolute Gasteiger partial charge is 0.474 e. The van der Waals surface area contributed by atoms with Gasteiger partial charge in [0.1, 0.15) is 96.9 Å². The molecule has 40 heteroatoms. The second kappa shape index (κ2) is 39.1. The Hall–Kier alpha value is -14.6. The number of benzene rings is 4. The Morgan fingerprint density at radius 3 is 0.721 bits per heavy atom. The minimum Gasteiger partial charge on any atom is -0.474 e. The Morgan fingerprint density at radius 1 is 0.331 bits per heavy atom. The number of hydrogen-bond acceptors (Lipinski definition) is 32. The molecule has 0 saturated heterocycles. The number of pyridine rings is 8. The van der Waals surface area contributed by atoms with E-state index in [0.29, 0.717) is 215 Å². The topological polar surface area (TPSA) is 526 Å². The number of aromatic nitrogens is 8. The Balaban J connectivity index is 0.000000126. The number of nitrogens with zero attached hydrogens (tertiary/aromatic N) is 8. The van der Waals surface area contributed by atoms with Gasteiger partial charge < -0.3 is 103 Å². The first kappa shape index (κ1) is 93.2. The van der Waals surface area contributed by atoms with Gasteiger partial charge in [0.15, 0.2) is 23.3 Å².